The molecule has 0 heteroatoms. The molecule has 0 aromatic heterocycles. The van der Waals surface area contributed by atoms with Gasteiger partial charge < -0.3 is 0 Å². The molecule has 18 rings (SSSR count). The van der Waals surface area contributed by atoms with Gasteiger partial charge in [-0.2, -0.15) is 0 Å². The summed E-state index contributed by atoms with van der Waals surface area (Å²) in [6.45, 7) is 37.5. The summed E-state index contributed by atoms with van der Waals surface area (Å²) in [6, 6.07) is 70.0. The Balaban J connectivity index is 0.000000103. The molecule has 12 aromatic rings. The van der Waals surface area contributed by atoms with E-state index in [1.54, 1.807) is 0 Å². The minimum atomic E-state index is 1.10. The minimum Gasteiger partial charge on any atom is -0.0619 e. The number of fused-ring (bicyclic) bond motifs is 18. The predicted octanol–water partition coefficient (Wildman–Crippen LogP) is 24.8. The van der Waals surface area contributed by atoms with Crippen LogP contribution in [0.2, 0.25) is 0 Å². The van der Waals surface area contributed by atoms with Crippen LogP contribution in [0, 0.1) is 118 Å². The molecular formula is C95H94. The molecular weight excluding hydrogens is 1140 g/mol. The summed E-state index contributed by atoms with van der Waals surface area (Å²) in [4.78, 5) is 0. The molecule has 0 amide bonds. The maximum atomic E-state index is 2.36. The van der Waals surface area contributed by atoms with Crippen LogP contribution in [0.3, 0.4) is 0 Å². The molecule has 474 valence electrons. The van der Waals surface area contributed by atoms with Crippen molar-refractivity contribution < 1.29 is 0 Å². The fourth-order valence-electron chi connectivity index (χ4n) is 15.9. The first-order chi connectivity index (χ1) is 45.6. The first-order valence-corrected chi connectivity index (χ1v) is 34.7. The van der Waals surface area contributed by atoms with Crippen molar-refractivity contribution in [3.63, 3.8) is 0 Å². The minimum absolute atomic E-state index is 1.10. The Bertz CT molecular complexity index is 5060. The molecule has 6 aliphatic rings. The van der Waals surface area contributed by atoms with Crippen molar-refractivity contribution >= 4 is 0 Å². The molecule has 0 atom stereocenters. The zero-order chi connectivity index (χ0) is 66.8. The number of hydrogen-bond acceptors (Lipinski definition) is 0. The highest BCUT2D eigenvalue weighted by Crippen LogP contribution is 2.45. The van der Waals surface area contributed by atoms with E-state index in [1.807, 2.05) is 0 Å². The summed E-state index contributed by atoms with van der Waals surface area (Å²) in [5.74, 6) is 0. The Morgan fingerprint density at radius 1 is 0.168 bits per heavy atom. The Morgan fingerprint density at radius 2 is 0.516 bits per heavy atom. The third-order valence-electron chi connectivity index (χ3n) is 22.3. The smallest absolute Gasteiger partial charge is 0.00107 e. The lowest BCUT2D eigenvalue weighted by Gasteiger charge is -2.11. The van der Waals surface area contributed by atoms with Gasteiger partial charge in [0.2, 0.25) is 0 Å². The topological polar surface area (TPSA) is 0 Å². The zero-order valence-corrected chi connectivity index (χ0v) is 59.6. The van der Waals surface area contributed by atoms with Crippen LogP contribution in [0.4, 0.5) is 0 Å². The highest BCUT2D eigenvalue weighted by Gasteiger charge is 2.26. The third kappa shape index (κ3) is 12.4. The van der Waals surface area contributed by atoms with Crippen molar-refractivity contribution in [2.75, 3.05) is 0 Å². The molecule has 0 heterocycles. The van der Waals surface area contributed by atoms with Crippen LogP contribution in [-0.4, -0.2) is 0 Å². The first-order valence-electron chi connectivity index (χ1n) is 34.7. The van der Waals surface area contributed by atoms with Gasteiger partial charge in [-0.3, -0.25) is 0 Å². The molecule has 0 nitrogen and oxygen atoms in total. The molecule has 0 spiro atoms. The monoisotopic (exact) mass is 1230 g/mol. The highest BCUT2D eigenvalue weighted by molar-refractivity contribution is 5.84. The van der Waals surface area contributed by atoms with Gasteiger partial charge in [-0.25, -0.2) is 0 Å². The van der Waals surface area contributed by atoms with Gasteiger partial charge in [-0.1, -0.05) is 199 Å². The Morgan fingerprint density at radius 3 is 1.11 bits per heavy atom. The van der Waals surface area contributed by atoms with Crippen LogP contribution in [0.15, 0.2) is 188 Å². The molecule has 12 aromatic carbocycles. The van der Waals surface area contributed by atoms with Crippen LogP contribution in [0.5, 0.6) is 0 Å². The largest absolute Gasteiger partial charge is 0.0619 e. The van der Waals surface area contributed by atoms with E-state index in [0.717, 1.165) is 38.5 Å². The summed E-state index contributed by atoms with van der Waals surface area (Å²) in [7, 11) is 0. The predicted molar refractivity (Wildman–Crippen MR) is 409 cm³/mol. The van der Waals surface area contributed by atoms with Gasteiger partial charge in [0.15, 0.2) is 0 Å². The summed E-state index contributed by atoms with van der Waals surface area (Å²) < 4.78 is 0. The van der Waals surface area contributed by atoms with Gasteiger partial charge in [0, 0.05) is 0 Å². The van der Waals surface area contributed by atoms with Gasteiger partial charge in [0.25, 0.3) is 0 Å². The van der Waals surface area contributed by atoms with Gasteiger partial charge in [-0.05, 0) is 373 Å². The Hall–Kier alpha value is -9.36. The van der Waals surface area contributed by atoms with E-state index in [2.05, 4.69) is 306 Å². The Kier molecular flexibility index (Phi) is 17.7. The van der Waals surface area contributed by atoms with E-state index >= 15 is 0 Å². The Labute approximate surface area is 568 Å². The standard InChI is InChI=1S/5C16H16.C15H14/c1-10-4-5-15-13(6-10)9-14-7-11(2)12(3)8-16(14)15;1-10-4-5-13-9-14-7-11(2)12(3)8-16(14)15(13)6-10;1-10-5-4-6-13-9-14-7-11(2)12(3)8-15(14)16(10)13;1-10-8-14-9-13-6-4-5-7-15(13)16(14)12(3)11(10)2;1-10-8-16-14-7-5-4-6-13(14)9-15(16)12(3)11(10)2;1-10-7-13-9-12-5-3-4-6-14(12)15(13)8-11(10)2/h5*4-8H,9H2,1-3H3;3-8H,9H2,1-2H3. The van der Waals surface area contributed by atoms with E-state index in [1.165, 1.54) is 228 Å². The summed E-state index contributed by atoms with van der Waals surface area (Å²) in [6.07, 6.45) is 6.63. The second kappa shape index (κ2) is 26.1. The van der Waals surface area contributed by atoms with Crippen LogP contribution in [0.25, 0.3) is 66.8 Å². The van der Waals surface area contributed by atoms with Crippen LogP contribution in [0.1, 0.15) is 161 Å². The highest BCUT2D eigenvalue weighted by atomic mass is 14.3. The zero-order valence-electron chi connectivity index (χ0n) is 59.6. The fourth-order valence-corrected chi connectivity index (χ4v) is 15.9. The molecule has 0 radical (unpaired) electrons. The van der Waals surface area contributed by atoms with E-state index in [9.17, 15) is 0 Å². The van der Waals surface area contributed by atoms with E-state index in [-0.39, 0.29) is 0 Å². The van der Waals surface area contributed by atoms with Crippen LogP contribution in [-0.2, 0) is 38.5 Å². The molecule has 0 fully saturated rings. The fraction of sp³-hybridized carbons (Fsp3) is 0.242. The lowest BCUT2D eigenvalue weighted by Crippen LogP contribution is -1.93. The molecule has 0 N–H and O–H groups in total. The normalized spacial score (nSPS) is 12.4. The summed E-state index contributed by atoms with van der Waals surface area (Å²) in [5.41, 5.74) is 59.2. The molecule has 0 aliphatic heterocycles. The van der Waals surface area contributed by atoms with Crippen LogP contribution < -0.4 is 0 Å². The molecule has 0 bridgehead atoms. The van der Waals surface area contributed by atoms with Crippen molar-refractivity contribution in [1.82, 2.24) is 0 Å². The quantitative estimate of drug-likeness (QED) is 0.142. The second-order valence-electron chi connectivity index (χ2n) is 28.8. The number of benzene rings is 12. The van der Waals surface area contributed by atoms with Crippen molar-refractivity contribution in [3.8, 4) is 66.8 Å². The third-order valence-corrected chi connectivity index (χ3v) is 22.3. The molecule has 0 saturated heterocycles. The molecule has 95 heavy (non-hydrogen) atoms. The van der Waals surface area contributed by atoms with Gasteiger partial charge in [-0.15, -0.1) is 0 Å². The van der Waals surface area contributed by atoms with E-state index < -0.39 is 0 Å². The molecule has 0 unspecified atom stereocenters. The van der Waals surface area contributed by atoms with Crippen molar-refractivity contribution in [1.29, 1.82) is 0 Å². The van der Waals surface area contributed by atoms with Gasteiger partial charge >= 0.3 is 0 Å². The number of hydrogen-bond donors (Lipinski definition) is 0. The van der Waals surface area contributed by atoms with Crippen LogP contribution >= 0.6 is 0 Å². The molecule has 0 saturated carbocycles. The maximum absolute atomic E-state index is 2.36. The van der Waals surface area contributed by atoms with Gasteiger partial charge in [0.05, 0.1) is 0 Å². The van der Waals surface area contributed by atoms with Crippen molar-refractivity contribution in [3.05, 3.63) is 349 Å². The average Bonchev–Trinajstić information content (AvgIpc) is 1.69. The maximum Gasteiger partial charge on any atom is -0.00107 e. The van der Waals surface area contributed by atoms with E-state index in [4.69, 9.17) is 0 Å². The lowest BCUT2D eigenvalue weighted by molar-refractivity contribution is 1.17. The first kappa shape index (κ1) is 64.4. The lowest BCUT2D eigenvalue weighted by atomic mass is 9.93. The van der Waals surface area contributed by atoms with Crippen molar-refractivity contribution in [2.24, 2.45) is 0 Å². The summed E-state index contributed by atoms with van der Waals surface area (Å²) >= 11 is 0. The van der Waals surface area contributed by atoms with Gasteiger partial charge in [0.1, 0.15) is 0 Å². The number of rotatable bonds is 0. The molecule has 6 aliphatic carbocycles. The number of aryl methyl sites for hydroxylation is 13. The second-order valence-corrected chi connectivity index (χ2v) is 28.8. The SMILES string of the molecule is Cc1cc2c(c(C)c1C)-c1ccccc1C2.Cc1cc2c(c(C)c1C)Cc1ccccc1-2.Cc1cc2c(cc1C)-c1c(C)cccc1C2.Cc1cc2c(cc1C)-c1ccccc1C2.Cc1ccc2c(c1)-c1cc(C)c(C)cc1C2.Cc1ccc2c(c1)Cc1cc(C)c(C)cc1-2. The summed E-state index contributed by atoms with van der Waals surface area (Å²) in [5, 5.41) is 0. The van der Waals surface area contributed by atoms with E-state index in [0.29, 0.717) is 0 Å². The van der Waals surface area contributed by atoms with Crippen molar-refractivity contribution in [2.45, 2.75) is 156 Å². The average molecular weight is 1240 g/mol.